The Balaban J connectivity index is 1.60. The third-order valence-corrected chi connectivity index (χ3v) is 7.86. The molecule has 1 N–H and O–H groups in total. The molecule has 8 heteroatoms. The molecule has 7 nitrogen and oxygen atoms in total. The first-order chi connectivity index (χ1) is 16.7. The lowest BCUT2D eigenvalue weighted by Crippen LogP contribution is -2.38. The smallest absolute Gasteiger partial charge is 0.264 e. The molecule has 1 aliphatic heterocycles. The number of anilines is 3. The van der Waals surface area contributed by atoms with E-state index in [0.29, 0.717) is 24.3 Å². The Kier molecular flexibility index (Phi) is 6.93. The number of nitrogens with zero attached hydrogens (tertiary/aromatic N) is 2. The summed E-state index contributed by atoms with van der Waals surface area (Å²) < 4.78 is 28.2. The number of nitrogens with one attached hydrogen (secondary N) is 1. The van der Waals surface area contributed by atoms with Gasteiger partial charge < -0.3 is 10.2 Å². The van der Waals surface area contributed by atoms with Gasteiger partial charge in [0.25, 0.3) is 10.0 Å². The van der Waals surface area contributed by atoms with Gasteiger partial charge in [-0.25, -0.2) is 8.42 Å². The largest absolute Gasteiger partial charge is 0.325 e. The number of carbonyl (C=O) groups excluding carboxylic acids is 2. The van der Waals surface area contributed by atoms with Crippen molar-refractivity contribution in [2.24, 2.45) is 0 Å². The van der Waals surface area contributed by atoms with Crippen molar-refractivity contribution in [2.45, 2.75) is 38.5 Å². The highest BCUT2D eigenvalue weighted by molar-refractivity contribution is 7.92. The fourth-order valence-corrected chi connectivity index (χ4v) is 5.88. The van der Waals surface area contributed by atoms with E-state index in [-0.39, 0.29) is 17.3 Å². The van der Waals surface area contributed by atoms with Crippen molar-refractivity contribution < 1.29 is 18.0 Å². The summed E-state index contributed by atoms with van der Waals surface area (Å²) in [5.74, 6) is -0.367. The Labute approximate surface area is 206 Å². The summed E-state index contributed by atoms with van der Waals surface area (Å²) in [6.07, 6.45) is 1.38. The van der Waals surface area contributed by atoms with Gasteiger partial charge in [0.2, 0.25) is 11.8 Å². The second-order valence-corrected chi connectivity index (χ2v) is 10.7. The summed E-state index contributed by atoms with van der Waals surface area (Å²) in [5, 5.41) is 2.82. The quantitative estimate of drug-likeness (QED) is 0.524. The van der Waals surface area contributed by atoms with Gasteiger partial charge in [0.05, 0.1) is 10.6 Å². The second kappa shape index (κ2) is 9.92. The van der Waals surface area contributed by atoms with Gasteiger partial charge in [-0.1, -0.05) is 35.9 Å². The van der Waals surface area contributed by atoms with Crippen molar-refractivity contribution in [1.82, 2.24) is 0 Å². The van der Waals surface area contributed by atoms with Crippen molar-refractivity contribution in [1.29, 1.82) is 0 Å². The highest BCUT2D eigenvalue weighted by Gasteiger charge is 2.28. The molecule has 0 aliphatic carbocycles. The molecule has 2 amide bonds. The van der Waals surface area contributed by atoms with Gasteiger partial charge in [0.15, 0.2) is 0 Å². The van der Waals surface area contributed by atoms with Crippen LogP contribution < -0.4 is 14.5 Å². The Morgan fingerprint density at radius 1 is 0.971 bits per heavy atom. The Hall–Kier alpha value is -3.65. The average Bonchev–Trinajstić information content (AvgIpc) is 3.24. The summed E-state index contributed by atoms with van der Waals surface area (Å²) in [6, 6.07) is 18.9. The zero-order valence-electron chi connectivity index (χ0n) is 20.1. The molecule has 0 atom stereocenters. The van der Waals surface area contributed by atoms with E-state index in [1.807, 2.05) is 39.0 Å². The van der Waals surface area contributed by atoms with E-state index in [4.69, 9.17) is 0 Å². The molecule has 0 aromatic heterocycles. The minimum atomic E-state index is -3.98. The van der Waals surface area contributed by atoms with Gasteiger partial charge in [0, 0.05) is 24.3 Å². The van der Waals surface area contributed by atoms with Crippen LogP contribution >= 0.6 is 0 Å². The SMILES string of the molecule is Cc1ccc(N(CC(=O)Nc2ccc(N3CCCC3=O)c(C)c2)S(=O)(=O)c2ccccc2)c(C)c1. The van der Waals surface area contributed by atoms with Crippen molar-refractivity contribution in [3.63, 3.8) is 0 Å². The van der Waals surface area contributed by atoms with Crippen LogP contribution in [0.4, 0.5) is 17.1 Å². The van der Waals surface area contributed by atoms with E-state index in [0.717, 1.165) is 33.1 Å². The molecule has 1 heterocycles. The number of hydrogen-bond donors (Lipinski definition) is 1. The van der Waals surface area contributed by atoms with E-state index in [1.165, 1.54) is 12.1 Å². The molecule has 3 aromatic rings. The fourth-order valence-electron chi connectivity index (χ4n) is 4.37. The number of aryl methyl sites for hydroxylation is 3. The monoisotopic (exact) mass is 491 g/mol. The predicted octanol–water partition coefficient (Wildman–Crippen LogP) is 4.57. The van der Waals surface area contributed by atoms with Crippen LogP contribution in [-0.2, 0) is 19.6 Å². The number of benzene rings is 3. The van der Waals surface area contributed by atoms with Gasteiger partial charge in [-0.3, -0.25) is 13.9 Å². The molecule has 1 saturated heterocycles. The molecule has 0 bridgehead atoms. The van der Waals surface area contributed by atoms with Crippen molar-refractivity contribution in [3.8, 4) is 0 Å². The third kappa shape index (κ3) is 5.22. The van der Waals surface area contributed by atoms with Gasteiger partial charge >= 0.3 is 0 Å². The van der Waals surface area contributed by atoms with Crippen molar-refractivity contribution in [3.05, 3.63) is 83.4 Å². The van der Waals surface area contributed by atoms with E-state index in [1.54, 1.807) is 41.3 Å². The molecule has 182 valence electrons. The molecule has 0 spiro atoms. The maximum absolute atomic E-state index is 13.5. The molecule has 0 radical (unpaired) electrons. The second-order valence-electron chi connectivity index (χ2n) is 8.81. The lowest BCUT2D eigenvalue weighted by molar-refractivity contribution is -0.117. The highest BCUT2D eigenvalue weighted by atomic mass is 32.2. The summed E-state index contributed by atoms with van der Waals surface area (Å²) in [7, 11) is -3.98. The van der Waals surface area contributed by atoms with Crippen LogP contribution in [0.2, 0.25) is 0 Å². The molecule has 4 rings (SSSR count). The van der Waals surface area contributed by atoms with Crippen LogP contribution in [0.5, 0.6) is 0 Å². The Morgan fingerprint density at radius 2 is 1.71 bits per heavy atom. The Morgan fingerprint density at radius 3 is 2.34 bits per heavy atom. The number of carbonyl (C=O) groups is 2. The van der Waals surface area contributed by atoms with E-state index >= 15 is 0 Å². The molecular formula is C27H29N3O4S. The first kappa shape index (κ1) is 24.5. The number of hydrogen-bond acceptors (Lipinski definition) is 4. The molecule has 35 heavy (non-hydrogen) atoms. The first-order valence-electron chi connectivity index (χ1n) is 11.5. The summed E-state index contributed by atoms with van der Waals surface area (Å²) in [5.41, 5.74) is 4.44. The van der Waals surface area contributed by atoms with E-state index < -0.39 is 15.9 Å². The van der Waals surface area contributed by atoms with Crippen molar-refractivity contribution in [2.75, 3.05) is 27.6 Å². The van der Waals surface area contributed by atoms with Crippen LogP contribution in [-0.4, -0.2) is 33.3 Å². The number of amides is 2. The minimum Gasteiger partial charge on any atom is -0.325 e. The van der Waals surface area contributed by atoms with Crippen LogP contribution in [0, 0.1) is 20.8 Å². The standard InChI is InChI=1S/C27H29N3O4S/c1-19-11-13-25(20(2)16-19)30(35(33,34)23-8-5-4-6-9-23)18-26(31)28-22-12-14-24(21(3)17-22)29-15-7-10-27(29)32/h4-6,8-9,11-14,16-17H,7,10,15,18H2,1-3H3,(H,28,31). The maximum Gasteiger partial charge on any atom is 0.264 e. The Bertz CT molecular complexity index is 1370. The minimum absolute atomic E-state index is 0.0973. The average molecular weight is 492 g/mol. The first-order valence-corrected chi connectivity index (χ1v) is 13.0. The van der Waals surface area contributed by atoms with Crippen LogP contribution in [0.3, 0.4) is 0 Å². The van der Waals surface area contributed by atoms with Gasteiger partial charge in [-0.05, 0) is 74.7 Å². The van der Waals surface area contributed by atoms with Crippen LogP contribution in [0.25, 0.3) is 0 Å². The topological polar surface area (TPSA) is 86.8 Å². The molecule has 0 unspecified atom stereocenters. The zero-order chi connectivity index (χ0) is 25.2. The third-order valence-electron chi connectivity index (χ3n) is 6.08. The van der Waals surface area contributed by atoms with E-state index in [2.05, 4.69) is 5.32 Å². The molecule has 3 aromatic carbocycles. The van der Waals surface area contributed by atoms with Gasteiger partial charge in [-0.2, -0.15) is 0 Å². The summed E-state index contributed by atoms with van der Waals surface area (Å²) in [4.78, 5) is 27.0. The number of rotatable bonds is 7. The van der Waals surface area contributed by atoms with Gasteiger partial charge in [0.1, 0.15) is 6.54 Å². The lowest BCUT2D eigenvalue weighted by Gasteiger charge is -2.26. The van der Waals surface area contributed by atoms with Crippen molar-refractivity contribution >= 4 is 38.9 Å². The maximum atomic E-state index is 13.5. The summed E-state index contributed by atoms with van der Waals surface area (Å²) >= 11 is 0. The van der Waals surface area contributed by atoms with Gasteiger partial charge in [-0.15, -0.1) is 0 Å². The molecular weight excluding hydrogens is 462 g/mol. The molecule has 1 fully saturated rings. The van der Waals surface area contributed by atoms with E-state index in [9.17, 15) is 18.0 Å². The predicted molar refractivity (Wildman–Crippen MR) is 138 cm³/mol. The summed E-state index contributed by atoms with van der Waals surface area (Å²) in [6.45, 7) is 5.95. The lowest BCUT2D eigenvalue weighted by atomic mass is 10.1. The fraction of sp³-hybridized carbons (Fsp3) is 0.259. The highest BCUT2D eigenvalue weighted by Crippen LogP contribution is 2.29. The molecule has 0 saturated carbocycles. The zero-order valence-corrected chi connectivity index (χ0v) is 20.9. The van der Waals surface area contributed by atoms with Crippen LogP contribution in [0.1, 0.15) is 29.5 Å². The van der Waals surface area contributed by atoms with Crippen LogP contribution in [0.15, 0.2) is 71.6 Å². The number of sulfonamides is 1. The normalized spacial score (nSPS) is 13.7. The molecule has 1 aliphatic rings.